The van der Waals surface area contributed by atoms with Gasteiger partial charge in [-0.2, -0.15) is 0 Å². The highest BCUT2D eigenvalue weighted by atomic mass is 35.5. The maximum atomic E-state index is 5.91. The van der Waals surface area contributed by atoms with E-state index in [2.05, 4.69) is 31.3 Å². The van der Waals surface area contributed by atoms with Crippen molar-refractivity contribution in [3.63, 3.8) is 0 Å². The number of benzene rings is 1. The van der Waals surface area contributed by atoms with Gasteiger partial charge in [-0.05, 0) is 43.0 Å². The summed E-state index contributed by atoms with van der Waals surface area (Å²) in [5.41, 5.74) is 1.32. The van der Waals surface area contributed by atoms with Gasteiger partial charge in [0, 0.05) is 24.8 Å². The van der Waals surface area contributed by atoms with Crippen molar-refractivity contribution >= 4 is 11.6 Å². The van der Waals surface area contributed by atoms with Crippen LogP contribution in [0.3, 0.4) is 0 Å². The Balaban J connectivity index is 2.46. The molecular weight excluding hydrogens is 246 g/mol. The molecule has 0 aliphatic heterocycles. The van der Waals surface area contributed by atoms with Gasteiger partial charge in [-0.25, -0.2) is 0 Å². The third-order valence-corrected chi connectivity index (χ3v) is 3.11. The molecule has 0 radical (unpaired) electrons. The third-order valence-electron chi connectivity index (χ3n) is 2.85. The molecule has 0 amide bonds. The van der Waals surface area contributed by atoms with Crippen molar-refractivity contribution in [2.45, 2.75) is 26.2 Å². The molecule has 1 N–H and O–H groups in total. The molecule has 0 fully saturated rings. The molecule has 1 unspecified atom stereocenters. The number of likely N-dealkylation sites (N-methyl/N-ethyl adjacent to an activating group) is 1. The first kappa shape index (κ1) is 15.5. The van der Waals surface area contributed by atoms with Gasteiger partial charge in [-0.15, -0.1) is 0 Å². The average molecular weight is 270 g/mol. The smallest absolute Gasteiger partial charge is 0.0488 e. The van der Waals surface area contributed by atoms with Crippen molar-refractivity contribution in [2.24, 2.45) is 5.92 Å². The summed E-state index contributed by atoms with van der Waals surface area (Å²) in [5.74, 6) is 1.09. The molecule has 3 heteroatoms. The zero-order valence-electron chi connectivity index (χ0n) is 11.6. The normalized spacial score (nSPS) is 12.9. The van der Waals surface area contributed by atoms with E-state index in [1.165, 1.54) is 5.56 Å². The van der Waals surface area contributed by atoms with Gasteiger partial charge in [0.2, 0.25) is 0 Å². The zero-order valence-corrected chi connectivity index (χ0v) is 12.3. The molecule has 102 valence electrons. The molecule has 2 nitrogen and oxygen atoms in total. The van der Waals surface area contributed by atoms with E-state index in [1.54, 1.807) is 0 Å². The number of hydrogen-bond donors (Lipinski definition) is 1. The fourth-order valence-corrected chi connectivity index (χ4v) is 2.04. The van der Waals surface area contributed by atoms with Crippen LogP contribution >= 0.6 is 11.6 Å². The maximum Gasteiger partial charge on any atom is 0.0488 e. The minimum atomic E-state index is 0.486. The predicted octanol–water partition coefficient (Wildman–Crippen LogP) is 3.71. The molecule has 0 aliphatic rings. The van der Waals surface area contributed by atoms with E-state index in [4.69, 9.17) is 16.3 Å². The Hall–Kier alpha value is -0.570. The lowest BCUT2D eigenvalue weighted by molar-refractivity contribution is 0.104. The van der Waals surface area contributed by atoms with E-state index in [9.17, 15) is 0 Å². The SMILES string of the molecule is CNCC(CCOCC(C)C)c1ccc(Cl)cc1. The van der Waals surface area contributed by atoms with Gasteiger partial charge >= 0.3 is 0 Å². The predicted molar refractivity (Wildman–Crippen MR) is 78.4 cm³/mol. The molecule has 1 atom stereocenters. The average Bonchev–Trinajstić information content (AvgIpc) is 2.34. The van der Waals surface area contributed by atoms with Crippen molar-refractivity contribution in [1.29, 1.82) is 0 Å². The van der Waals surface area contributed by atoms with Crippen molar-refractivity contribution in [3.05, 3.63) is 34.9 Å². The van der Waals surface area contributed by atoms with Gasteiger partial charge in [0.25, 0.3) is 0 Å². The number of hydrogen-bond acceptors (Lipinski definition) is 2. The number of rotatable bonds is 8. The van der Waals surface area contributed by atoms with Crippen molar-refractivity contribution in [2.75, 3.05) is 26.8 Å². The Bertz CT molecular complexity index is 324. The van der Waals surface area contributed by atoms with Crippen LogP contribution in [0.2, 0.25) is 5.02 Å². The first-order valence-electron chi connectivity index (χ1n) is 6.61. The Kier molecular flexibility index (Phi) is 7.33. The van der Waals surface area contributed by atoms with Gasteiger partial charge in [0.05, 0.1) is 0 Å². The molecule has 0 saturated heterocycles. The van der Waals surface area contributed by atoms with Crippen LogP contribution in [0.4, 0.5) is 0 Å². The van der Waals surface area contributed by atoms with Crippen LogP contribution in [-0.4, -0.2) is 26.8 Å². The molecule has 0 bridgehead atoms. The molecule has 1 aromatic rings. The molecule has 1 rings (SSSR count). The van der Waals surface area contributed by atoms with E-state index in [-0.39, 0.29) is 0 Å². The molecule has 0 heterocycles. The molecule has 18 heavy (non-hydrogen) atoms. The summed E-state index contributed by atoms with van der Waals surface area (Å²) in [6, 6.07) is 8.11. The summed E-state index contributed by atoms with van der Waals surface area (Å²) in [5, 5.41) is 4.03. The van der Waals surface area contributed by atoms with Crippen LogP contribution < -0.4 is 5.32 Å². The number of ether oxygens (including phenoxy) is 1. The third kappa shape index (κ3) is 5.85. The lowest BCUT2D eigenvalue weighted by Gasteiger charge is -2.17. The maximum absolute atomic E-state index is 5.91. The Labute approximate surface area is 116 Å². The fourth-order valence-electron chi connectivity index (χ4n) is 1.91. The topological polar surface area (TPSA) is 21.3 Å². The van der Waals surface area contributed by atoms with E-state index in [1.807, 2.05) is 19.2 Å². The van der Waals surface area contributed by atoms with Crippen molar-refractivity contribution in [3.8, 4) is 0 Å². The molecule has 0 aliphatic carbocycles. The van der Waals surface area contributed by atoms with Crippen molar-refractivity contribution < 1.29 is 4.74 Å². The fraction of sp³-hybridized carbons (Fsp3) is 0.600. The molecule has 1 aromatic carbocycles. The molecular formula is C15H24ClNO. The van der Waals surface area contributed by atoms with Gasteiger partial charge in [0.15, 0.2) is 0 Å². The van der Waals surface area contributed by atoms with Crippen LogP contribution in [0.25, 0.3) is 0 Å². The molecule has 0 spiro atoms. The highest BCUT2D eigenvalue weighted by molar-refractivity contribution is 6.30. The van der Waals surface area contributed by atoms with Crippen LogP contribution in [-0.2, 0) is 4.74 Å². The summed E-state index contributed by atoms with van der Waals surface area (Å²) in [6.07, 6.45) is 1.04. The van der Waals surface area contributed by atoms with Gasteiger partial charge in [-0.3, -0.25) is 0 Å². The van der Waals surface area contributed by atoms with Gasteiger partial charge in [0.1, 0.15) is 0 Å². The van der Waals surface area contributed by atoms with Crippen LogP contribution in [0, 0.1) is 5.92 Å². The largest absolute Gasteiger partial charge is 0.381 e. The number of nitrogens with one attached hydrogen (secondary N) is 1. The summed E-state index contributed by atoms with van der Waals surface area (Å²) < 4.78 is 5.66. The van der Waals surface area contributed by atoms with Gasteiger partial charge in [-0.1, -0.05) is 37.6 Å². The second kappa shape index (κ2) is 8.52. The van der Waals surface area contributed by atoms with Gasteiger partial charge < -0.3 is 10.1 Å². The zero-order chi connectivity index (χ0) is 13.4. The molecule has 0 aromatic heterocycles. The minimum absolute atomic E-state index is 0.486. The first-order chi connectivity index (χ1) is 8.63. The highest BCUT2D eigenvalue weighted by Crippen LogP contribution is 2.21. The summed E-state index contributed by atoms with van der Waals surface area (Å²) >= 11 is 5.91. The minimum Gasteiger partial charge on any atom is -0.381 e. The second-order valence-electron chi connectivity index (χ2n) is 5.06. The quantitative estimate of drug-likeness (QED) is 0.727. The van der Waals surface area contributed by atoms with Crippen LogP contribution in [0.15, 0.2) is 24.3 Å². The Morgan fingerprint density at radius 1 is 1.22 bits per heavy atom. The van der Waals surface area contributed by atoms with E-state index in [0.717, 1.165) is 31.2 Å². The summed E-state index contributed by atoms with van der Waals surface area (Å²) in [7, 11) is 1.98. The highest BCUT2D eigenvalue weighted by Gasteiger charge is 2.10. The summed E-state index contributed by atoms with van der Waals surface area (Å²) in [6.45, 7) is 6.96. The van der Waals surface area contributed by atoms with Crippen LogP contribution in [0.1, 0.15) is 31.7 Å². The van der Waals surface area contributed by atoms with Crippen molar-refractivity contribution in [1.82, 2.24) is 5.32 Å². The number of halogens is 1. The van der Waals surface area contributed by atoms with E-state index < -0.39 is 0 Å². The summed E-state index contributed by atoms with van der Waals surface area (Å²) in [4.78, 5) is 0. The lowest BCUT2D eigenvalue weighted by atomic mass is 9.96. The van der Waals surface area contributed by atoms with E-state index in [0.29, 0.717) is 11.8 Å². The second-order valence-corrected chi connectivity index (χ2v) is 5.50. The van der Waals surface area contributed by atoms with E-state index >= 15 is 0 Å². The lowest BCUT2D eigenvalue weighted by Crippen LogP contribution is -2.19. The van der Waals surface area contributed by atoms with Crippen LogP contribution in [0.5, 0.6) is 0 Å². The standard InChI is InChI=1S/C15H24ClNO/c1-12(2)11-18-9-8-14(10-17-3)13-4-6-15(16)7-5-13/h4-7,12,14,17H,8-11H2,1-3H3. The molecule has 0 saturated carbocycles. The first-order valence-corrected chi connectivity index (χ1v) is 6.99. The Morgan fingerprint density at radius 2 is 1.89 bits per heavy atom. The monoisotopic (exact) mass is 269 g/mol. The Morgan fingerprint density at radius 3 is 2.44 bits per heavy atom.